The Hall–Kier alpha value is -1.30. The van der Waals surface area contributed by atoms with Crippen molar-refractivity contribution in [1.29, 1.82) is 0 Å². The number of likely N-dealkylation sites (tertiary alicyclic amines) is 1. The lowest BCUT2D eigenvalue weighted by Crippen LogP contribution is -2.41. The Balaban J connectivity index is 2.20. The molecule has 1 atom stereocenters. The standard InChI is InChI=1S/C13H24N2O4/c1-4-13(2,3)19-8-6-14-12(18)15-7-5-10(9-15)11(16)17/h10H,4-9H2,1-3H3,(H,14,18)(H,16,17). The van der Waals surface area contributed by atoms with Gasteiger partial charge in [0.05, 0.1) is 18.1 Å². The van der Waals surface area contributed by atoms with Crippen LogP contribution in [0.3, 0.4) is 0 Å². The predicted molar refractivity (Wildman–Crippen MR) is 71.0 cm³/mol. The Morgan fingerprint density at radius 3 is 2.68 bits per heavy atom. The number of rotatable bonds is 6. The van der Waals surface area contributed by atoms with E-state index in [-0.39, 0.29) is 11.6 Å². The zero-order valence-corrected chi connectivity index (χ0v) is 11.9. The van der Waals surface area contributed by atoms with Crippen LogP contribution in [0.5, 0.6) is 0 Å². The zero-order chi connectivity index (χ0) is 14.5. The van der Waals surface area contributed by atoms with Gasteiger partial charge in [-0.25, -0.2) is 4.79 Å². The van der Waals surface area contributed by atoms with Crippen LogP contribution in [0.2, 0.25) is 0 Å². The minimum atomic E-state index is -0.830. The van der Waals surface area contributed by atoms with Crippen LogP contribution < -0.4 is 5.32 Å². The molecule has 1 rings (SSSR count). The largest absolute Gasteiger partial charge is 0.481 e. The minimum absolute atomic E-state index is 0.174. The summed E-state index contributed by atoms with van der Waals surface area (Å²) >= 11 is 0. The smallest absolute Gasteiger partial charge is 0.317 e. The summed E-state index contributed by atoms with van der Waals surface area (Å²) in [4.78, 5) is 24.1. The van der Waals surface area contributed by atoms with Gasteiger partial charge in [-0.15, -0.1) is 0 Å². The number of hydrogen-bond donors (Lipinski definition) is 2. The first kappa shape index (κ1) is 15.8. The molecular weight excluding hydrogens is 248 g/mol. The highest BCUT2D eigenvalue weighted by Crippen LogP contribution is 2.16. The number of hydrogen-bond acceptors (Lipinski definition) is 3. The second kappa shape index (κ2) is 6.75. The van der Waals surface area contributed by atoms with Crippen molar-refractivity contribution in [3.63, 3.8) is 0 Å². The van der Waals surface area contributed by atoms with Gasteiger partial charge in [-0.1, -0.05) is 6.92 Å². The highest BCUT2D eigenvalue weighted by Gasteiger charge is 2.30. The summed E-state index contributed by atoms with van der Waals surface area (Å²) < 4.78 is 5.62. The third-order valence-electron chi connectivity index (χ3n) is 3.55. The first-order chi connectivity index (χ1) is 8.85. The Labute approximate surface area is 114 Å². The molecule has 1 aliphatic rings. The lowest BCUT2D eigenvalue weighted by atomic mass is 10.1. The Morgan fingerprint density at radius 1 is 1.47 bits per heavy atom. The molecule has 2 amide bonds. The van der Waals surface area contributed by atoms with E-state index in [0.717, 1.165) is 6.42 Å². The number of carboxylic acid groups (broad SMARTS) is 1. The fourth-order valence-electron chi connectivity index (χ4n) is 1.85. The SMILES string of the molecule is CCC(C)(C)OCCNC(=O)N1CCC(C(=O)O)C1. The van der Waals surface area contributed by atoms with Crippen LogP contribution in [0.1, 0.15) is 33.6 Å². The molecule has 0 aromatic rings. The van der Waals surface area contributed by atoms with Crippen molar-refractivity contribution in [3.8, 4) is 0 Å². The van der Waals surface area contributed by atoms with E-state index in [0.29, 0.717) is 32.7 Å². The van der Waals surface area contributed by atoms with Crippen molar-refractivity contribution in [1.82, 2.24) is 10.2 Å². The average Bonchev–Trinajstić information content (AvgIpc) is 2.84. The monoisotopic (exact) mass is 272 g/mol. The van der Waals surface area contributed by atoms with E-state index in [1.807, 2.05) is 13.8 Å². The molecule has 0 aliphatic carbocycles. The van der Waals surface area contributed by atoms with Crippen molar-refractivity contribution in [2.75, 3.05) is 26.2 Å². The maximum absolute atomic E-state index is 11.8. The van der Waals surface area contributed by atoms with Gasteiger partial charge in [0.1, 0.15) is 0 Å². The van der Waals surface area contributed by atoms with Crippen molar-refractivity contribution in [2.45, 2.75) is 39.2 Å². The van der Waals surface area contributed by atoms with E-state index in [1.165, 1.54) is 0 Å². The lowest BCUT2D eigenvalue weighted by Gasteiger charge is -2.24. The maximum atomic E-state index is 11.8. The summed E-state index contributed by atoms with van der Waals surface area (Å²) in [6, 6.07) is -0.207. The summed E-state index contributed by atoms with van der Waals surface area (Å²) in [6.45, 7) is 7.76. The molecule has 1 fully saturated rings. The number of carbonyl (C=O) groups is 2. The second-order valence-electron chi connectivity index (χ2n) is 5.46. The molecule has 0 radical (unpaired) electrons. The number of ether oxygens (including phenoxy) is 1. The fourth-order valence-corrected chi connectivity index (χ4v) is 1.85. The van der Waals surface area contributed by atoms with Crippen molar-refractivity contribution < 1.29 is 19.4 Å². The molecular formula is C13H24N2O4. The van der Waals surface area contributed by atoms with Gasteiger partial charge in [0.2, 0.25) is 0 Å². The molecule has 2 N–H and O–H groups in total. The first-order valence-electron chi connectivity index (χ1n) is 6.75. The number of urea groups is 1. The van der Waals surface area contributed by atoms with Gasteiger partial charge in [-0.05, 0) is 26.7 Å². The Morgan fingerprint density at radius 2 is 2.16 bits per heavy atom. The average molecular weight is 272 g/mol. The molecule has 0 aromatic carbocycles. The summed E-state index contributed by atoms with van der Waals surface area (Å²) in [7, 11) is 0. The van der Waals surface area contributed by atoms with Gasteiger partial charge < -0.3 is 20.1 Å². The Bertz CT molecular complexity index is 331. The second-order valence-corrected chi connectivity index (χ2v) is 5.46. The summed E-state index contributed by atoms with van der Waals surface area (Å²) in [5.41, 5.74) is -0.174. The van der Waals surface area contributed by atoms with Crippen LogP contribution in [0, 0.1) is 5.92 Å². The fraction of sp³-hybridized carbons (Fsp3) is 0.846. The molecule has 1 aliphatic heterocycles. The Kier molecular flexibility index (Phi) is 5.60. The van der Waals surface area contributed by atoms with E-state index in [1.54, 1.807) is 4.90 Å². The quantitative estimate of drug-likeness (QED) is 0.714. The van der Waals surface area contributed by atoms with Crippen LogP contribution in [-0.2, 0) is 9.53 Å². The molecule has 6 heteroatoms. The van der Waals surface area contributed by atoms with Crippen LogP contribution in [-0.4, -0.2) is 53.8 Å². The van der Waals surface area contributed by atoms with Crippen molar-refractivity contribution in [2.24, 2.45) is 5.92 Å². The topological polar surface area (TPSA) is 78.9 Å². The van der Waals surface area contributed by atoms with Crippen LogP contribution in [0.25, 0.3) is 0 Å². The van der Waals surface area contributed by atoms with E-state index < -0.39 is 11.9 Å². The molecule has 1 heterocycles. The number of carbonyl (C=O) groups excluding carboxylic acids is 1. The molecule has 110 valence electrons. The van der Waals surface area contributed by atoms with Gasteiger partial charge in [-0.2, -0.15) is 0 Å². The summed E-state index contributed by atoms with van der Waals surface area (Å²) in [5.74, 6) is -1.26. The number of aliphatic carboxylic acids is 1. The highest BCUT2D eigenvalue weighted by atomic mass is 16.5. The van der Waals surface area contributed by atoms with Crippen LogP contribution >= 0.6 is 0 Å². The molecule has 0 spiro atoms. The molecule has 0 bridgehead atoms. The van der Waals surface area contributed by atoms with Crippen LogP contribution in [0.15, 0.2) is 0 Å². The lowest BCUT2D eigenvalue weighted by molar-refractivity contribution is -0.141. The van der Waals surface area contributed by atoms with Gasteiger partial charge in [-0.3, -0.25) is 4.79 Å². The zero-order valence-electron chi connectivity index (χ0n) is 11.9. The normalized spacial score (nSPS) is 19.5. The first-order valence-corrected chi connectivity index (χ1v) is 6.75. The van der Waals surface area contributed by atoms with E-state index in [4.69, 9.17) is 9.84 Å². The maximum Gasteiger partial charge on any atom is 0.317 e. The van der Waals surface area contributed by atoms with E-state index >= 15 is 0 Å². The number of amides is 2. The van der Waals surface area contributed by atoms with Gasteiger partial charge >= 0.3 is 12.0 Å². The molecule has 0 aromatic heterocycles. The number of nitrogens with one attached hydrogen (secondary N) is 1. The molecule has 19 heavy (non-hydrogen) atoms. The molecule has 6 nitrogen and oxygen atoms in total. The molecule has 0 saturated carbocycles. The van der Waals surface area contributed by atoms with Crippen LogP contribution in [0.4, 0.5) is 4.79 Å². The van der Waals surface area contributed by atoms with Gasteiger partial charge in [0, 0.05) is 19.6 Å². The van der Waals surface area contributed by atoms with E-state index in [2.05, 4.69) is 12.2 Å². The highest BCUT2D eigenvalue weighted by molar-refractivity contribution is 5.77. The third-order valence-corrected chi connectivity index (χ3v) is 3.55. The van der Waals surface area contributed by atoms with Crippen molar-refractivity contribution >= 4 is 12.0 Å². The summed E-state index contributed by atoms with van der Waals surface area (Å²) in [6.07, 6.45) is 1.44. The van der Waals surface area contributed by atoms with Crippen molar-refractivity contribution in [3.05, 3.63) is 0 Å². The number of carboxylic acids is 1. The number of nitrogens with zero attached hydrogens (tertiary/aromatic N) is 1. The molecule has 1 saturated heterocycles. The third kappa shape index (κ3) is 5.06. The minimum Gasteiger partial charge on any atom is -0.481 e. The van der Waals surface area contributed by atoms with Gasteiger partial charge in [0.25, 0.3) is 0 Å². The van der Waals surface area contributed by atoms with E-state index in [9.17, 15) is 9.59 Å². The molecule has 1 unspecified atom stereocenters. The van der Waals surface area contributed by atoms with Gasteiger partial charge in [0.15, 0.2) is 0 Å². The predicted octanol–water partition coefficient (Wildman–Crippen LogP) is 1.31. The summed E-state index contributed by atoms with van der Waals surface area (Å²) in [5, 5.41) is 11.6.